The molecule has 1 atom stereocenters. The number of morpholine rings is 1. The lowest BCUT2D eigenvalue weighted by Gasteiger charge is -2.32. The summed E-state index contributed by atoms with van der Waals surface area (Å²) < 4.78 is 21.1. The van der Waals surface area contributed by atoms with Gasteiger partial charge in [-0.05, 0) is 24.6 Å². The Bertz CT molecular complexity index is 722. The monoisotopic (exact) mass is 314 g/mol. The van der Waals surface area contributed by atoms with Gasteiger partial charge in [-0.15, -0.1) is 0 Å². The fraction of sp³-hybridized carbons (Fsp3) is 0.412. The van der Waals surface area contributed by atoms with Crippen LogP contribution in [0.4, 0.5) is 4.39 Å². The Labute approximate surface area is 134 Å². The molecule has 1 aromatic carbocycles. The Morgan fingerprint density at radius 3 is 3.09 bits per heavy atom. The summed E-state index contributed by atoms with van der Waals surface area (Å²) >= 11 is 0. The molecule has 23 heavy (non-hydrogen) atoms. The lowest BCUT2D eigenvalue weighted by molar-refractivity contribution is -0.0329. The quantitative estimate of drug-likeness (QED) is 0.870. The Morgan fingerprint density at radius 1 is 1.48 bits per heavy atom. The molecule has 6 heteroatoms. The van der Waals surface area contributed by atoms with Crippen LogP contribution in [0.2, 0.25) is 0 Å². The molecule has 3 rings (SSSR count). The zero-order chi connectivity index (χ0) is 16.2. The second-order valence-electron chi connectivity index (χ2n) is 5.65. The standard InChI is InChI=1S/C17H19FN4O/c1-2-22-11-15(9-20-22)17-12-21(5-6-23-17)10-13-3-4-16(18)14(7-13)8-19/h3-4,7,9,11,17H,2,5-6,10,12H2,1H3. The van der Waals surface area contributed by atoms with E-state index in [-0.39, 0.29) is 11.7 Å². The molecule has 2 aromatic rings. The van der Waals surface area contributed by atoms with Crippen molar-refractivity contribution in [2.45, 2.75) is 26.1 Å². The minimum Gasteiger partial charge on any atom is -0.371 e. The lowest BCUT2D eigenvalue weighted by atomic mass is 10.1. The van der Waals surface area contributed by atoms with Crippen LogP contribution >= 0.6 is 0 Å². The first-order valence-electron chi connectivity index (χ1n) is 7.74. The van der Waals surface area contributed by atoms with Gasteiger partial charge in [-0.2, -0.15) is 10.4 Å². The predicted octanol–water partition coefficient (Wildman–Crippen LogP) is 2.49. The highest BCUT2D eigenvalue weighted by Crippen LogP contribution is 2.23. The van der Waals surface area contributed by atoms with Crippen molar-refractivity contribution in [1.29, 1.82) is 5.26 Å². The lowest BCUT2D eigenvalue weighted by Crippen LogP contribution is -2.37. The van der Waals surface area contributed by atoms with E-state index in [2.05, 4.69) is 10.00 Å². The zero-order valence-electron chi connectivity index (χ0n) is 13.1. The van der Waals surface area contributed by atoms with E-state index < -0.39 is 5.82 Å². The summed E-state index contributed by atoms with van der Waals surface area (Å²) in [6.45, 7) is 5.78. The molecule has 0 spiro atoms. The van der Waals surface area contributed by atoms with Crippen LogP contribution in [0.5, 0.6) is 0 Å². The smallest absolute Gasteiger partial charge is 0.140 e. The molecular weight excluding hydrogens is 295 g/mol. The molecule has 0 saturated carbocycles. The molecule has 5 nitrogen and oxygen atoms in total. The highest BCUT2D eigenvalue weighted by molar-refractivity contribution is 5.34. The van der Waals surface area contributed by atoms with E-state index in [1.54, 1.807) is 12.1 Å². The Hall–Kier alpha value is -2.23. The molecule has 1 unspecified atom stereocenters. The number of nitrogens with zero attached hydrogens (tertiary/aromatic N) is 4. The first kappa shape index (κ1) is 15.7. The van der Waals surface area contributed by atoms with Crippen LogP contribution in [0, 0.1) is 17.1 Å². The molecule has 1 fully saturated rings. The maximum Gasteiger partial charge on any atom is 0.140 e. The van der Waals surface area contributed by atoms with Gasteiger partial charge in [-0.3, -0.25) is 9.58 Å². The Morgan fingerprint density at radius 2 is 2.35 bits per heavy atom. The number of ether oxygens (including phenoxy) is 1. The van der Waals surface area contributed by atoms with Crippen LogP contribution in [0.1, 0.15) is 29.7 Å². The van der Waals surface area contributed by atoms with Crippen molar-refractivity contribution in [2.75, 3.05) is 19.7 Å². The summed E-state index contributed by atoms with van der Waals surface area (Å²) in [6, 6.07) is 6.60. The van der Waals surface area contributed by atoms with Crippen LogP contribution in [0.15, 0.2) is 30.6 Å². The van der Waals surface area contributed by atoms with Gasteiger partial charge in [0.15, 0.2) is 0 Å². The minimum atomic E-state index is -0.469. The second-order valence-corrected chi connectivity index (χ2v) is 5.65. The SMILES string of the molecule is CCn1cc(C2CN(Cc3ccc(F)c(C#N)c3)CCO2)cn1. The van der Waals surface area contributed by atoms with Crippen molar-refractivity contribution in [3.63, 3.8) is 0 Å². The van der Waals surface area contributed by atoms with Crippen molar-refractivity contribution in [3.8, 4) is 6.07 Å². The van der Waals surface area contributed by atoms with Gasteiger partial charge in [-0.1, -0.05) is 6.07 Å². The van der Waals surface area contributed by atoms with Crippen molar-refractivity contribution >= 4 is 0 Å². The minimum absolute atomic E-state index is 0.0000597. The van der Waals surface area contributed by atoms with Crippen LogP contribution in [0.25, 0.3) is 0 Å². The first-order valence-corrected chi connectivity index (χ1v) is 7.74. The first-order chi connectivity index (χ1) is 11.2. The van der Waals surface area contributed by atoms with Gasteiger partial charge < -0.3 is 4.74 Å². The highest BCUT2D eigenvalue weighted by Gasteiger charge is 2.23. The number of hydrogen-bond donors (Lipinski definition) is 0. The number of rotatable bonds is 4. The molecule has 0 N–H and O–H groups in total. The fourth-order valence-electron chi connectivity index (χ4n) is 2.78. The third-order valence-corrected chi connectivity index (χ3v) is 4.06. The summed E-state index contributed by atoms with van der Waals surface area (Å²) in [5.74, 6) is -0.469. The van der Waals surface area contributed by atoms with Crippen molar-refractivity contribution in [2.24, 2.45) is 0 Å². The summed E-state index contributed by atoms with van der Waals surface area (Å²) in [4.78, 5) is 2.26. The number of hydrogen-bond acceptors (Lipinski definition) is 4. The maximum absolute atomic E-state index is 13.4. The number of aryl methyl sites for hydroxylation is 1. The second kappa shape index (κ2) is 6.90. The van der Waals surface area contributed by atoms with Crippen molar-refractivity contribution < 1.29 is 9.13 Å². The van der Waals surface area contributed by atoms with Gasteiger partial charge in [0, 0.05) is 37.9 Å². The van der Waals surface area contributed by atoms with Gasteiger partial charge in [0.05, 0.1) is 24.5 Å². The fourth-order valence-corrected chi connectivity index (χ4v) is 2.78. The van der Waals surface area contributed by atoms with Crippen molar-refractivity contribution in [3.05, 3.63) is 53.1 Å². The molecule has 0 amide bonds. The van der Waals surface area contributed by atoms with Crippen LogP contribution in [0.3, 0.4) is 0 Å². The molecule has 2 heterocycles. The van der Waals surface area contributed by atoms with Crippen LogP contribution < -0.4 is 0 Å². The Kier molecular flexibility index (Phi) is 4.70. The van der Waals surface area contributed by atoms with E-state index in [1.165, 1.54) is 6.07 Å². The zero-order valence-corrected chi connectivity index (χ0v) is 13.1. The third kappa shape index (κ3) is 3.58. The van der Waals surface area contributed by atoms with E-state index in [4.69, 9.17) is 10.00 Å². The average Bonchev–Trinajstić information content (AvgIpc) is 3.06. The summed E-state index contributed by atoms with van der Waals surface area (Å²) in [5, 5.41) is 13.2. The Balaban J connectivity index is 1.68. The number of aromatic nitrogens is 2. The molecule has 1 aromatic heterocycles. The van der Waals surface area contributed by atoms with Crippen LogP contribution in [-0.4, -0.2) is 34.4 Å². The van der Waals surface area contributed by atoms with E-state index in [9.17, 15) is 4.39 Å². The number of halogens is 1. The molecule has 120 valence electrons. The summed E-state index contributed by atoms with van der Waals surface area (Å²) in [7, 11) is 0. The van der Waals surface area contributed by atoms with Gasteiger partial charge in [0.25, 0.3) is 0 Å². The van der Waals surface area contributed by atoms with Crippen LogP contribution in [-0.2, 0) is 17.8 Å². The van der Waals surface area contributed by atoms with Gasteiger partial charge in [0.1, 0.15) is 11.9 Å². The molecule has 0 radical (unpaired) electrons. The van der Waals surface area contributed by atoms with E-state index in [0.717, 1.165) is 30.8 Å². The summed E-state index contributed by atoms with van der Waals surface area (Å²) in [6.07, 6.45) is 3.86. The highest BCUT2D eigenvalue weighted by atomic mass is 19.1. The predicted molar refractivity (Wildman–Crippen MR) is 83.0 cm³/mol. The molecule has 0 bridgehead atoms. The average molecular weight is 314 g/mol. The number of benzene rings is 1. The van der Waals surface area contributed by atoms with Crippen molar-refractivity contribution in [1.82, 2.24) is 14.7 Å². The topological polar surface area (TPSA) is 54.1 Å². The third-order valence-electron chi connectivity index (χ3n) is 4.06. The molecular formula is C17H19FN4O. The molecule has 1 saturated heterocycles. The van der Waals surface area contributed by atoms with E-state index in [0.29, 0.717) is 13.2 Å². The van der Waals surface area contributed by atoms with E-state index in [1.807, 2.05) is 30.1 Å². The van der Waals surface area contributed by atoms with Gasteiger partial charge >= 0.3 is 0 Å². The van der Waals surface area contributed by atoms with Gasteiger partial charge in [-0.25, -0.2) is 4.39 Å². The molecule has 1 aliphatic rings. The molecule has 1 aliphatic heterocycles. The normalized spacial score (nSPS) is 18.7. The molecule has 0 aliphatic carbocycles. The van der Waals surface area contributed by atoms with Gasteiger partial charge in [0.2, 0.25) is 0 Å². The summed E-state index contributed by atoms with van der Waals surface area (Å²) in [5.41, 5.74) is 2.11. The number of nitriles is 1. The van der Waals surface area contributed by atoms with E-state index >= 15 is 0 Å². The maximum atomic E-state index is 13.4. The largest absolute Gasteiger partial charge is 0.371 e.